The second kappa shape index (κ2) is 19.8. The molecular formula is C20H39ClO2. The maximum absolute atomic E-state index is 10.9. The van der Waals surface area contributed by atoms with Crippen LogP contribution in [0.15, 0.2) is 0 Å². The number of methoxy groups -OCH3 is 1. The highest BCUT2D eigenvalue weighted by atomic mass is 35.5. The highest BCUT2D eigenvalue weighted by Gasteiger charge is 1.99. The number of carbonyl (C=O) groups is 1. The van der Waals surface area contributed by atoms with E-state index in [1.807, 2.05) is 0 Å². The lowest BCUT2D eigenvalue weighted by Gasteiger charge is -2.03. The summed E-state index contributed by atoms with van der Waals surface area (Å²) in [7, 11) is 1.46. The average molecular weight is 347 g/mol. The molecule has 23 heavy (non-hydrogen) atoms. The third kappa shape index (κ3) is 19.7. The Kier molecular flexibility index (Phi) is 19.6. The van der Waals surface area contributed by atoms with Gasteiger partial charge in [-0.15, -0.1) is 11.6 Å². The maximum atomic E-state index is 10.9. The van der Waals surface area contributed by atoms with Crippen molar-refractivity contribution in [1.29, 1.82) is 0 Å². The van der Waals surface area contributed by atoms with Crippen LogP contribution < -0.4 is 0 Å². The number of rotatable bonds is 18. The molecule has 0 aliphatic carbocycles. The van der Waals surface area contributed by atoms with Crippen molar-refractivity contribution < 1.29 is 9.53 Å². The number of unbranched alkanes of at least 4 members (excludes halogenated alkanes) is 15. The maximum Gasteiger partial charge on any atom is 0.305 e. The minimum Gasteiger partial charge on any atom is -0.469 e. The molecule has 0 unspecified atom stereocenters. The van der Waals surface area contributed by atoms with Crippen LogP contribution >= 0.6 is 11.6 Å². The van der Waals surface area contributed by atoms with Crippen LogP contribution in [-0.2, 0) is 9.53 Å². The van der Waals surface area contributed by atoms with Crippen LogP contribution in [0.25, 0.3) is 0 Å². The lowest BCUT2D eigenvalue weighted by atomic mass is 10.0. The number of halogens is 1. The van der Waals surface area contributed by atoms with Gasteiger partial charge in [0.05, 0.1) is 7.11 Å². The molecule has 2 nitrogen and oxygen atoms in total. The van der Waals surface area contributed by atoms with Crippen LogP contribution in [0.5, 0.6) is 0 Å². The van der Waals surface area contributed by atoms with Crippen LogP contribution in [0, 0.1) is 0 Å². The van der Waals surface area contributed by atoms with Crippen molar-refractivity contribution in [2.45, 2.75) is 109 Å². The minimum absolute atomic E-state index is 0.0692. The van der Waals surface area contributed by atoms with Crippen molar-refractivity contribution in [3.63, 3.8) is 0 Å². The number of hydrogen-bond donors (Lipinski definition) is 0. The van der Waals surface area contributed by atoms with Gasteiger partial charge in [0.15, 0.2) is 0 Å². The van der Waals surface area contributed by atoms with Gasteiger partial charge in [-0.2, -0.15) is 0 Å². The first-order valence-corrected chi connectivity index (χ1v) is 10.5. The first-order chi connectivity index (χ1) is 11.3. The Hall–Kier alpha value is -0.240. The normalized spacial score (nSPS) is 10.9. The van der Waals surface area contributed by atoms with Gasteiger partial charge in [0, 0.05) is 12.3 Å². The molecule has 0 heterocycles. The monoisotopic (exact) mass is 346 g/mol. The fourth-order valence-electron chi connectivity index (χ4n) is 2.94. The SMILES string of the molecule is COC(=O)CCCCCCCCCCCCCCCCCCCl. The third-order valence-electron chi connectivity index (χ3n) is 4.49. The van der Waals surface area contributed by atoms with Crippen molar-refractivity contribution in [3.05, 3.63) is 0 Å². The third-order valence-corrected chi connectivity index (χ3v) is 4.76. The van der Waals surface area contributed by atoms with Gasteiger partial charge in [0.25, 0.3) is 0 Å². The van der Waals surface area contributed by atoms with Crippen LogP contribution in [0.3, 0.4) is 0 Å². The predicted molar refractivity (Wildman–Crippen MR) is 101 cm³/mol. The van der Waals surface area contributed by atoms with Gasteiger partial charge < -0.3 is 4.74 Å². The molecule has 0 aromatic rings. The molecule has 0 amide bonds. The summed E-state index contributed by atoms with van der Waals surface area (Å²) in [6.45, 7) is 0. The van der Waals surface area contributed by atoms with E-state index in [1.165, 1.54) is 103 Å². The summed E-state index contributed by atoms with van der Waals surface area (Å²) in [4.78, 5) is 10.9. The molecule has 0 bridgehead atoms. The van der Waals surface area contributed by atoms with Crippen LogP contribution in [0.4, 0.5) is 0 Å². The van der Waals surface area contributed by atoms with Gasteiger partial charge in [0.2, 0.25) is 0 Å². The molecule has 0 rings (SSSR count). The van der Waals surface area contributed by atoms with Gasteiger partial charge in [-0.25, -0.2) is 0 Å². The molecule has 0 aromatic carbocycles. The predicted octanol–water partition coefficient (Wildman–Crippen LogP) is 7.03. The van der Waals surface area contributed by atoms with Crippen molar-refractivity contribution in [3.8, 4) is 0 Å². The largest absolute Gasteiger partial charge is 0.469 e. The molecule has 3 heteroatoms. The van der Waals surface area contributed by atoms with Crippen LogP contribution in [0.2, 0.25) is 0 Å². The molecule has 0 saturated heterocycles. The Bertz CT molecular complexity index is 244. The lowest BCUT2D eigenvalue weighted by Crippen LogP contribution is -1.99. The summed E-state index contributed by atoms with van der Waals surface area (Å²) < 4.78 is 4.64. The zero-order valence-corrected chi connectivity index (χ0v) is 16.2. The van der Waals surface area contributed by atoms with Gasteiger partial charge in [-0.3, -0.25) is 4.79 Å². The molecule has 0 saturated carbocycles. The summed E-state index contributed by atoms with van der Waals surface area (Å²) in [5, 5.41) is 0. The Labute approximate surface area is 149 Å². The van der Waals surface area contributed by atoms with Gasteiger partial charge in [-0.05, 0) is 12.8 Å². The number of esters is 1. The summed E-state index contributed by atoms with van der Waals surface area (Å²) in [5.41, 5.74) is 0. The molecule has 0 aliphatic heterocycles. The second-order valence-electron chi connectivity index (χ2n) is 6.67. The molecule has 0 atom stereocenters. The topological polar surface area (TPSA) is 26.3 Å². The fourth-order valence-corrected chi connectivity index (χ4v) is 3.13. The van der Waals surface area contributed by atoms with E-state index >= 15 is 0 Å². The van der Waals surface area contributed by atoms with E-state index in [2.05, 4.69) is 4.74 Å². The van der Waals surface area contributed by atoms with E-state index in [0.717, 1.165) is 12.3 Å². The molecule has 0 aliphatic rings. The highest BCUT2D eigenvalue weighted by Crippen LogP contribution is 2.14. The molecule has 0 fully saturated rings. The quantitative estimate of drug-likeness (QED) is 0.151. The molecule has 0 radical (unpaired) electrons. The second-order valence-corrected chi connectivity index (χ2v) is 7.05. The summed E-state index contributed by atoms with van der Waals surface area (Å²) in [5.74, 6) is 0.758. The molecule has 0 aromatic heterocycles. The van der Waals surface area contributed by atoms with Crippen molar-refractivity contribution >= 4 is 17.6 Å². The first-order valence-electron chi connectivity index (χ1n) is 9.94. The smallest absolute Gasteiger partial charge is 0.305 e. The first kappa shape index (κ1) is 22.8. The summed E-state index contributed by atoms with van der Waals surface area (Å²) in [6.07, 6.45) is 21.8. The Morgan fingerprint density at radius 1 is 0.609 bits per heavy atom. The standard InChI is InChI=1S/C20H39ClO2/c1-23-20(22)18-16-14-12-10-8-6-4-2-3-5-7-9-11-13-15-17-19-21/h2-19H2,1H3. The molecular weight excluding hydrogens is 308 g/mol. The molecule has 0 spiro atoms. The van der Waals surface area contributed by atoms with E-state index < -0.39 is 0 Å². The van der Waals surface area contributed by atoms with Crippen LogP contribution in [-0.4, -0.2) is 19.0 Å². The van der Waals surface area contributed by atoms with Crippen LogP contribution in [0.1, 0.15) is 109 Å². The van der Waals surface area contributed by atoms with Crippen molar-refractivity contribution in [2.24, 2.45) is 0 Å². The minimum atomic E-state index is -0.0692. The Morgan fingerprint density at radius 2 is 0.913 bits per heavy atom. The molecule has 0 N–H and O–H groups in total. The van der Waals surface area contributed by atoms with E-state index in [9.17, 15) is 4.79 Å². The van der Waals surface area contributed by atoms with Crippen molar-refractivity contribution in [1.82, 2.24) is 0 Å². The van der Waals surface area contributed by atoms with Crippen molar-refractivity contribution in [2.75, 3.05) is 13.0 Å². The fraction of sp³-hybridized carbons (Fsp3) is 0.950. The van der Waals surface area contributed by atoms with E-state index in [0.29, 0.717) is 6.42 Å². The zero-order valence-electron chi connectivity index (χ0n) is 15.4. The summed E-state index contributed by atoms with van der Waals surface area (Å²) in [6, 6.07) is 0. The molecule has 138 valence electrons. The Morgan fingerprint density at radius 3 is 1.22 bits per heavy atom. The zero-order chi connectivity index (χ0) is 17.0. The van der Waals surface area contributed by atoms with E-state index in [4.69, 9.17) is 11.6 Å². The van der Waals surface area contributed by atoms with Gasteiger partial charge in [0.1, 0.15) is 0 Å². The Balaban J connectivity index is 2.99. The number of carbonyl (C=O) groups excluding carboxylic acids is 1. The van der Waals surface area contributed by atoms with E-state index in [-0.39, 0.29) is 5.97 Å². The van der Waals surface area contributed by atoms with Gasteiger partial charge in [-0.1, -0.05) is 89.9 Å². The number of ether oxygens (including phenoxy) is 1. The van der Waals surface area contributed by atoms with Gasteiger partial charge >= 0.3 is 5.97 Å². The number of hydrogen-bond acceptors (Lipinski definition) is 2. The van der Waals surface area contributed by atoms with E-state index in [1.54, 1.807) is 0 Å². The number of alkyl halides is 1. The average Bonchev–Trinajstić information content (AvgIpc) is 2.57. The highest BCUT2D eigenvalue weighted by molar-refractivity contribution is 6.17. The summed E-state index contributed by atoms with van der Waals surface area (Å²) >= 11 is 5.67. The lowest BCUT2D eigenvalue weighted by molar-refractivity contribution is -0.140.